The molecular weight excluding hydrogens is 330 g/mol. The van der Waals surface area contributed by atoms with Crippen molar-refractivity contribution in [3.63, 3.8) is 0 Å². The van der Waals surface area contributed by atoms with Crippen LogP contribution in [-0.4, -0.2) is 45.7 Å². The van der Waals surface area contributed by atoms with E-state index in [1.165, 1.54) is 0 Å². The number of hydrogen-bond donors (Lipinski definition) is 2. The number of aromatic amines is 1. The smallest absolute Gasteiger partial charge is 0.254 e. The molecule has 0 radical (unpaired) electrons. The zero-order valence-electron chi connectivity index (χ0n) is 13.6. The molecule has 1 unspecified atom stereocenters. The highest BCUT2D eigenvalue weighted by Gasteiger charge is 2.28. The second-order valence-corrected chi connectivity index (χ2v) is 5.51. The summed E-state index contributed by atoms with van der Waals surface area (Å²) in [4.78, 5) is 18.8. The Bertz CT molecular complexity index is 673. The summed E-state index contributed by atoms with van der Waals surface area (Å²) in [6.45, 7) is 3.98. The maximum Gasteiger partial charge on any atom is 0.254 e. The molecule has 2 aromatic rings. The second-order valence-electron chi connectivity index (χ2n) is 5.51. The summed E-state index contributed by atoms with van der Waals surface area (Å²) >= 11 is 0. The number of carbonyl (C=O) groups is 1. The van der Waals surface area contributed by atoms with Gasteiger partial charge in [0.05, 0.1) is 13.2 Å². The van der Waals surface area contributed by atoms with Gasteiger partial charge in [-0.25, -0.2) is 4.98 Å². The van der Waals surface area contributed by atoms with E-state index >= 15 is 0 Å². The third-order valence-electron chi connectivity index (χ3n) is 3.96. The number of morpholine rings is 1. The molecule has 1 fully saturated rings. The summed E-state index contributed by atoms with van der Waals surface area (Å²) in [6.07, 6.45) is 0.503. The fourth-order valence-electron chi connectivity index (χ4n) is 2.57. The fourth-order valence-corrected chi connectivity index (χ4v) is 2.57. The summed E-state index contributed by atoms with van der Waals surface area (Å²) in [5, 5.41) is 7.07. The molecule has 1 atom stereocenters. The van der Waals surface area contributed by atoms with Crippen molar-refractivity contribution in [3.05, 3.63) is 47.0 Å². The van der Waals surface area contributed by atoms with Crippen LogP contribution in [0.2, 0.25) is 0 Å². The Hall–Kier alpha value is -1.96. The summed E-state index contributed by atoms with van der Waals surface area (Å²) in [5.41, 5.74) is 7.25. The number of hydrogen-bond acceptors (Lipinski definition) is 5. The van der Waals surface area contributed by atoms with Crippen molar-refractivity contribution in [1.82, 2.24) is 20.1 Å². The van der Waals surface area contributed by atoms with Crippen LogP contribution in [0.1, 0.15) is 40.6 Å². The van der Waals surface area contributed by atoms with E-state index in [0.717, 1.165) is 17.8 Å². The number of nitrogens with one attached hydrogen (secondary N) is 1. The van der Waals surface area contributed by atoms with Gasteiger partial charge in [-0.05, 0) is 17.7 Å². The van der Waals surface area contributed by atoms with E-state index in [9.17, 15) is 4.79 Å². The molecule has 3 rings (SSSR count). The molecule has 7 nitrogen and oxygen atoms in total. The first-order valence-corrected chi connectivity index (χ1v) is 7.82. The van der Waals surface area contributed by atoms with Crippen LogP contribution in [0.25, 0.3) is 0 Å². The number of aromatic nitrogens is 3. The predicted octanol–water partition coefficient (Wildman–Crippen LogP) is 1.46. The van der Waals surface area contributed by atoms with Crippen LogP contribution in [-0.2, 0) is 17.7 Å². The van der Waals surface area contributed by atoms with Gasteiger partial charge in [-0.15, -0.1) is 12.4 Å². The Morgan fingerprint density at radius 2 is 2.17 bits per heavy atom. The Labute approximate surface area is 147 Å². The van der Waals surface area contributed by atoms with E-state index in [0.29, 0.717) is 37.6 Å². The molecule has 1 aliphatic heterocycles. The van der Waals surface area contributed by atoms with Crippen LogP contribution in [0.5, 0.6) is 0 Å². The third kappa shape index (κ3) is 3.92. The van der Waals surface area contributed by atoms with Crippen molar-refractivity contribution in [3.8, 4) is 0 Å². The van der Waals surface area contributed by atoms with Crippen LogP contribution in [0.3, 0.4) is 0 Å². The number of benzene rings is 1. The minimum Gasteiger partial charge on any atom is -0.366 e. The lowest BCUT2D eigenvalue weighted by molar-refractivity contribution is -0.0266. The zero-order chi connectivity index (χ0) is 16.2. The summed E-state index contributed by atoms with van der Waals surface area (Å²) in [6, 6.07) is 7.40. The lowest BCUT2D eigenvalue weighted by Gasteiger charge is -2.31. The fraction of sp³-hybridized carbons (Fsp3) is 0.438. The van der Waals surface area contributed by atoms with Crippen molar-refractivity contribution in [1.29, 1.82) is 0 Å². The number of rotatable bonds is 4. The molecule has 24 heavy (non-hydrogen) atoms. The number of carbonyl (C=O) groups excluding carboxylic acids is 1. The summed E-state index contributed by atoms with van der Waals surface area (Å²) < 4.78 is 5.72. The first-order valence-electron chi connectivity index (χ1n) is 7.82. The van der Waals surface area contributed by atoms with Crippen LogP contribution in [0.4, 0.5) is 0 Å². The van der Waals surface area contributed by atoms with E-state index in [4.69, 9.17) is 10.5 Å². The lowest BCUT2D eigenvalue weighted by atomic mass is 10.1. The minimum absolute atomic E-state index is 0. The van der Waals surface area contributed by atoms with Gasteiger partial charge in [0.15, 0.2) is 5.82 Å². The number of ether oxygens (including phenoxy) is 1. The van der Waals surface area contributed by atoms with Gasteiger partial charge >= 0.3 is 0 Å². The van der Waals surface area contributed by atoms with Gasteiger partial charge in [0.2, 0.25) is 0 Å². The summed E-state index contributed by atoms with van der Waals surface area (Å²) in [7, 11) is 0. The maximum absolute atomic E-state index is 12.6. The van der Waals surface area contributed by atoms with Gasteiger partial charge in [0.25, 0.3) is 5.91 Å². The highest BCUT2D eigenvalue weighted by atomic mass is 35.5. The van der Waals surface area contributed by atoms with Crippen molar-refractivity contribution in [2.24, 2.45) is 5.73 Å². The topological polar surface area (TPSA) is 97.1 Å². The molecule has 2 heterocycles. The number of nitrogens with two attached hydrogens (primary N) is 1. The second kappa shape index (κ2) is 8.23. The number of H-pyrrole nitrogens is 1. The van der Waals surface area contributed by atoms with E-state index in [-0.39, 0.29) is 24.4 Å². The molecule has 0 spiro atoms. The molecule has 8 heteroatoms. The quantitative estimate of drug-likeness (QED) is 0.869. The first-order chi connectivity index (χ1) is 11.2. The lowest BCUT2D eigenvalue weighted by Crippen LogP contribution is -2.42. The maximum atomic E-state index is 12.6. The molecule has 1 aromatic carbocycles. The molecule has 1 saturated heterocycles. The zero-order valence-corrected chi connectivity index (χ0v) is 14.4. The molecule has 0 saturated carbocycles. The van der Waals surface area contributed by atoms with Crippen LogP contribution in [0, 0.1) is 0 Å². The molecular formula is C16H22ClN5O2. The summed E-state index contributed by atoms with van der Waals surface area (Å²) in [5.74, 6) is 1.43. The Morgan fingerprint density at radius 1 is 1.42 bits per heavy atom. The highest BCUT2D eigenvalue weighted by Crippen LogP contribution is 2.21. The van der Waals surface area contributed by atoms with Gasteiger partial charge in [0, 0.05) is 25.1 Å². The predicted molar refractivity (Wildman–Crippen MR) is 91.9 cm³/mol. The van der Waals surface area contributed by atoms with Gasteiger partial charge in [-0.1, -0.05) is 19.1 Å². The number of aryl methyl sites for hydroxylation is 1. The average Bonchev–Trinajstić information content (AvgIpc) is 3.10. The molecule has 130 valence electrons. The average molecular weight is 352 g/mol. The van der Waals surface area contributed by atoms with Gasteiger partial charge < -0.3 is 15.4 Å². The van der Waals surface area contributed by atoms with Crippen LogP contribution in [0.15, 0.2) is 24.3 Å². The van der Waals surface area contributed by atoms with Crippen LogP contribution < -0.4 is 5.73 Å². The number of nitrogens with zero attached hydrogens (tertiary/aromatic N) is 3. The normalized spacial score (nSPS) is 17.4. The van der Waals surface area contributed by atoms with E-state index in [1.807, 2.05) is 31.2 Å². The van der Waals surface area contributed by atoms with Gasteiger partial charge in [0.1, 0.15) is 11.9 Å². The van der Waals surface area contributed by atoms with Crippen molar-refractivity contribution >= 4 is 18.3 Å². The monoisotopic (exact) mass is 351 g/mol. The van der Waals surface area contributed by atoms with E-state index in [1.54, 1.807) is 4.90 Å². The molecule has 1 amide bonds. The standard InChI is InChI=1S/C16H21N5O2.ClH/c1-2-14-18-15(20-19-14)13-10-21(7-8-23-13)16(22)12-5-3-11(9-17)4-6-12;/h3-6,13H,2,7-10,17H2,1H3,(H,18,19,20);1H. The number of amides is 1. The largest absolute Gasteiger partial charge is 0.366 e. The van der Waals surface area contributed by atoms with Crippen molar-refractivity contribution in [2.45, 2.75) is 26.0 Å². The Kier molecular flexibility index (Phi) is 6.30. The van der Waals surface area contributed by atoms with Gasteiger partial charge in [-0.2, -0.15) is 5.10 Å². The molecule has 3 N–H and O–H groups in total. The molecule has 0 bridgehead atoms. The Morgan fingerprint density at radius 3 is 2.79 bits per heavy atom. The van der Waals surface area contributed by atoms with Gasteiger partial charge in [-0.3, -0.25) is 9.89 Å². The van der Waals surface area contributed by atoms with Crippen molar-refractivity contribution < 1.29 is 9.53 Å². The van der Waals surface area contributed by atoms with E-state index < -0.39 is 0 Å². The van der Waals surface area contributed by atoms with E-state index in [2.05, 4.69) is 15.2 Å². The highest BCUT2D eigenvalue weighted by molar-refractivity contribution is 5.94. The minimum atomic E-state index is -0.285. The Balaban J connectivity index is 0.00000208. The third-order valence-corrected chi connectivity index (χ3v) is 3.96. The van der Waals surface area contributed by atoms with Crippen LogP contribution >= 0.6 is 12.4 Å². The SMILES string of the molecule is CCc1nc(C2CN(C(=O)c3ccc(CN)cc3)CCO2)n[nH]1.Cl. The molecule has 0 aliphatic carbocycles. The molecule has 1 aliphatic rings. The molecule has 1 aromatic heterocycles. The van der Waals surface area contributed by atoms with Crippen molar-refractivity contribution in [2.75, 3.05) is 19.7 Å². The number of halogens is 1. The first kappa shape index (κ1) is 18.4.